The van der Waals surface area contributed by atoms with Crippen LogP contribution in [0.15, 0.2) is 65.3 Å². The summed E-state index contributed by atoms with van der Waals surface area (Å²) in [6.45, 7) is 1.98. The fourth-order valence-corrected chi connectivity index (χ4v) is 3.05. The van der Waals surface area contributed by atoms with Crippen molar-refractivity contribution in [3.63, 3.8) is 0 Å². The second-order valence-corrected chi connectivity index (χ2v) is 6.15. The first-order valence-electron chi connectivity index (χ1n) is 8.30. The molecule has 0 N–H and O–H groups in total. The highest BCUT2D eigenvalue weighted by atomic mass is 35.5. The van der Waals surface area contributed by atoms with Crippen molar-refractivity contribution >= 4 is 40.8 Å². The number of likely N-dealkylation sites (N-methyl/N-ethyl adjacent to an activating group) is 1. The summed E-state index contributed by atoms with van der Waals surface area (Å²) in [5.41, 5.74) is 1.49. The molecule has 0 saturated carbocycles. The summed E-state index contributed by atoms with van der Waals surface area (Å²) in [4.78, 5) is 39.8. The van der Waals surface area contributed by atoms with Crippen LogP contribution in [-0.4, -0.2) is 31.4 Å². The average Bonchev–Trinajstić information content (AvgIpc) is 2.91. The Morgan fingerprint density at radius 3 is 2.26 bits per heavy atom. The lowest BCUT2D eigenvalue weighted by Gasteiger charge is -2.21. The van der Waals surface area contributed by atoms with Crippen LogP contribution in [0.5, 0.6) is 0 Å². The highest BCUT2D eigenvalue weighted by molar-refractivity contribution is 6.53. The summed E-state index contributed by atoms with van der Waals surface area (Å²) in [5, 5.41) is -0.152. The van der Waals surface area contributed by atoms with Gasteiger partial charge >= 0.3 is 5.97 Å². The van der Waals surface area contributed by atoms with E-state index in [1.54, 1.807) is 18.9 Å². The van der Waals surface area contributed by atoms with Crippen molar-refractivity contribution < 1.29 is 19.1 Å². The van der Waals surface area contributed by atoms with E-state index >= 15 is 0 Å². The summed E-state index contributed by atoms with van der Waals surface area (Å²) in [5.74, 6) is -1.60. The van der Waals surface area contributed by atoms with Gasteiger partial charge < -0.3 is 9.64 Å². The molecule has 6 nitrogen and oxygen atoms in total. The minimum absolute atomic E-state index is 0.0994. The van der Waals surface area contributed by atoms with E-state index in [-0.39, 0.29) is 17.3 Å². The molecule has 0 aliphatic carbocycles. The van der Waals surface area contributed by atoms with Gasteiger partial charge in [0.2, 0.25) is 0 Å². The van der Waals surface area contributed by atoms with E-state index in [0.29, 0.717) is 11.3 Å². The van der Waals surface area contributed by atoms with Crippen molar-refractivity contribution in [3.8, 4) is 0 Å². The molecule has 1 aliphatic rings. The number of rotatable bonds is 5. The Hall–Kier alpha value is -3.12. The van der Waals surface area contributed by atoms with Crippen LogP contribution in [0.3, 0.4) is 0 Å². The molecule has 2 aromatic carbocycles. The molecule has 0 bridgehead atoms. The van der Waals surface area contributed by atoms with Gasteiger partial charge in [-0.2, -0.15) is 0 Å². The van der Waals surface area contributed by atoms with Crippen LogP contribution in [0.4, 0.5) is 11.4 Å². The van der Waals surface area contributed by atoms with Gasteiger partial charge in [0, 0.05) is 12.7 Å². The Labute approximate surface area is 161 Å². The number of hydrogen-bond acceptors (Lipinski definition) is 5. The molecule has 0 saturated heterocycles. The molecule has 0 aromatic heterocycles. The third kappa shape index (κ3) is 3.44. The Morgan fingerprint density at radius 2 is 1.67 bits per heavy atom. The second kappa shape index (κ2) is 7.63. The van der Waals surface area contributed by atoms with Crippen molar-refractivity contribution in [3.05, 3.63) is 70.9 Å². The van der Waals surface area contributed by atoms with Crippen molar-refractivity contribution in [1.82, 2.24) is 0 Å². The molecule has 138 valence electrons. The standard InChI is InChI=1S/C20H17ClN2O4/c1-3-27-20(26)13-9-11-15(12-10-13)23-18(24)16(21)17(19(23)25)22(2)14-7-5-4-6-8-14/h4-12H,3H2,1-2H3. The Kier molecular flexibility index (Phi) is 5.28. The van der Waals surface area contributed by atoms with Crippen molar-refractivity contribution in [2.75, 3.05) is 23.5 Å². The minimum Gasteiger partial charge on any atom is -0.462 e. The molecule has 0 fully saturated rings. The Bertz CT molecular complexity index is 923. The predicted molar refractivity (Wildman–Crippen MR) is 103 cm³/mol. The van der Waals surface area contributed by atoms with Gasteiger partial charge in [0.15, 0.2) is 0 Å². The van der Waals surface area contributed by atoms with Gasteiger partial charge in [-0.3, -0.25) is 9.59 Å². The topological polar surface area (TPSA) is 66.9 Å². The molecule has 3 rings (SSSR count). The smallest absolute Gasteiger partial charge is 0.338 e. The van der Waals surface area contributed by atoms with E-state index < -0.39 is 17.8 Å². The van der Waals surface area contributed by atoms with E-state index in [9.17, 15) is 14.4 Å². The summed E-state index contributed by atoms with van der Waals surface area (Å²) >= 11 is 6.19. The van der Waals surface area contributed by atoms with Gasteiger partial charge in [0.05, 0.1) is 17.9 Å². The molecule has 2 aromatic rings. The van der Waals surface area contributed by atoms with Gasteiger partial charge in [-0.05, 0) is 43.3 Å². The number of amides is 2. The fraction of sp³-hybridized carbons (Fsp3) is 0.150. The van der Waals surface area contributed by atoms with Gasteiger partial charge in [0.1, 0.15) is 10.7 Å². The highest BCUT2D eigenvalue weighted by Gasteiger charge is 2.40. The fourth-order valence-electron chi connectivity index (χ4n) is 2.76. The van der Waals surface area contributed by atoms with Gasteiger partial charge in [-0.15, -0.1) is 0 Å². The lowest BCUT2D eigenvalue weighted by Crippen LogP contribution is -2.34. The zero-order valence-corrected chi connectivity index (χ0v) is 15.6. The molecule has 27 heavy (non-hydrogen) atoms. The first-order chi connectivity index (χ1) is 13.0. The molecule has 1 heterocycles. The van der Waals surface area contributed by atoms with Crippen molar-refractivity contribution in [2.45, 2.75) is 6.92 Å². The molecule has 7 heteroatoms. The number of nitrogens with zero attached hydrogens (tertiary/aromatic N) is 2. The number of benzene rings is 2. The molecular formula is C20H17ClN2O4. The normalized spacial score (nSPS) is 14.0. The number of carbonyl (C=O) groups excluding carboxylic acids is 3. The van der Waals surface area contributed by atoms with E-state index in [2.05, 4.69) is 0 Å². The van der Waals surface area contributed by atoms with Crippen LogP contribution < -0.4 is 9.80 Å². The summed E-state index contributed by atoms with van der Waals surface area (Å²) in [7, 11) is 1.67. The number of carbonyl (C=O) groups is 3. The maximum atomic E-state index is 12.9. The lowest BCUT2D eigenvalue weighted by atomic mass is 10.2. The molecule has 0 unspecified atom stereocenters. The first-order valence-corrected chi connectivity index (χ1v) is 8.68. The highest BCUT2D eigenvalue weighted by Crippen LogP contribution is 2.32. The summed E-state index contributed by atoms with van der Waals surface area (Å²) < 4.78 is 4.93. The third-order valence-electron chi connectivity index (χ3n) is 4.12. The van der Waals surface area contributed by atoms with E-state index in [4.69, 9.17) is 16.3 Å². The quantitative estimate of drug-likeness (QED) is 0.584. The number of para-hydroxylation sites is 1. The number of hydrogen-bond donors (Lipinski definition) is 0. The Morgan fingerprint density at radius 1 is 1.04 bits per heavy atom. The molecule has 0 radical (unpaired) electrons. The molecule has 1 aliphatic heterocycles. The molecule has 0 spiro atoms. The predicted octanol–water partition coefficient (Wildman–Crippen LogP) is 3.32. The number of anilines is 2. The zero-order chi connectivity index (χ0) is 19.6. The van der Waals surface area contributed by atoms with E-state index in [0.717, 1.165) is 10.6 Å². The number of imide groups is 1. The number of esters is 1. The average molecular weight is 385 g/mol. The molecular weight excluding hydrogens is 368 g/mol. The first kappa shape index (κ1) is 18.7. The van der Waals surface area contributed by atoms with Crippen molar-refractivity contribution in [2.24, 2.45) is 0 Å². The summed E-state index contributed by atoms with van der Waals surface area (Å²) in [6, 6.07) is 15.2. The van der Waals surface area contributed by atoms with Crippen LogP contribution in [0.25, 0.3) is 0 Å². The van der Waals surface area contributed by atoms with Crippen LogP contribution in [-0.2, 0) is 14.3 Å². The second-order valence-electron chi connectivity index (χ2n) is 5.77. The maximum Gasteiger partial charge on any atom is 0.338 e. The van der Waals surface area contributed by atoms with E-state index in [1.807, 2.05) is 30.3 Å². The van der Waals surface area contributed by atoms with Crippen molar-refractivity contribution in [1.29, 1.82) is 0 Å². The zero-order valence-electron chi connectivity index (χ0n) is 14.8. The lowest BCUT2D eigenvalue weighted by molar-refractivity contribution is -0.120. The molecule has 2 amide bonds. The summed E-state index contributed by atoms with van der Waals surface area (Å²) in [6.07, 6.45) is 0. The number of halogens is 1. The van der Waals surface area contributed by atoms with Crippen LogP contribution in [0.2, 0.25) is 0 Å². The van der Waals surface area contributed by atoms with Crippen LogP contribution >= 0.6 is 11.6 Å². The van der Waals surface area contributed by atoms with Crippen LogP contribution in [0, 0.1) is 0 Å². The SMILES string of the molecule is CCOC(=O)c1ccc(N2C(=O)C(Cl)=C(N(C)c3ccccc3)C2=O)cc1. The molecule has 0 atom stereocenters. The van der Waals surface area contributed by atoms with Gasteiger partial charge in [0.25, 0.3) is 11.8 Å². The largest absolute Gasteiger partial charge is 0.462 e. The monoisotopic (exact) mass is 384 g/mol. The Balaban J connectivity index is 1.88. The van der Waals surface area contributed by atoms with Gasteiger partial charge in [-0.25, -0.2) is 9.69 Å². The minimum atomic E-state index is -0.608. The van der Waals surface area contributed by atoms with Gasteiger partial charge in [-0.1, -0.05) is 29.8 Å². The maximum absolute atomic E-state index is 12.9. The third-order valence-corrected chi connectivity index (χ3v) is 4.46. The van der Waals surface area contributed by atoms with Crippen LogP contribution in [0.1, 0.15) is 17.3 Å². The number of ether oxygens (including phenoxy) is 1. The van der Waals surface area contributed by atoms with E-state index in [1.165, 1.54) is 24.3 Å².